The van der Waals surface area contributed by atoms with Gasteiger partial charge in [0.25, 0.3) is 0 Å². The van der Waals surface area contributed by atoms with Gasteiger partial charge in [-0.15, -0.1) is 0 Å². The van der Waals surface area contributed by atoms with E-state index in [9.17, 15) is 47.9 Å². The van der Waals surface area contributed by atoms with Crippen LogP contribution in [0, 0.1) is 79.3 Å². The number of esters is 6. The molecule has 0 aromatic carbocycles. The van der Waals surface area contributed by atoms with Crippen molar-refractivity contribution in [3.8, 4) is 0 Å². The first-order chi connectivity index (χ1) is 53.5. The number of alkyl carbamates (subject to hydrolysis) is 4. The Balaban J connectivity index is 1.23. The minimum Gasteiger partial charge on any atom is -0.465 e. The number of carbonyl (C=O) groups is 10. The Morgan fingerprint density at radius 2 is 0.807 bits per heavy atom. The summed E-state index contributed by atoms with van der Waals surface area (Å²) in [7, 11) is 0. The first kappa shape index (κ1) is 99.7. The molecular formula is C88H150N4O22. The van der Waals surface area contributed by atoms with E-state index in [1.54, 1.807) is 6.92 Å². The van der Waals surface area contributed by atoms with Crippen molar-refractivity contribution in [2.75, 3.05) is 99.0 Å². The van der Waals surface area contributed by atoms with E-state index in [0.717, 1.165) is 102 Å². The zero-order chi connectivity index (χ0) is 84.8. The largest absolute Gasteiger partial charge is 0.465 e. The molecule has 0 aromatic heterocycles. The van der Waals surface area contributed by atoms with Crippen molar-refractivity contribution < 1.29 is 105 Å². The van der Waals surface area contributed by atoms with Crippen molar-refractivity contribution >= 4 is 60.2 Å². The molecule has 654 valence electrons. The van der Waals surface area contributed by atoms with E-state index in [4.69, 9.17) is 56.8 Å². The second kappa shape index (κ2) is 49.5. The monoisotopic (exact) mass is 1620 g/mol. The highest BCUT2D eigenvalue weighted by atomic mass is 16.6. The SMILES string of the molecule is C=CC(=O)OCCOC(=O)CCC1(C)CC(NC(=O)OCC(COCCCCCC(C)C)COC(=O)NC2CC(C)(C)CC(C)(CCC(=O)OC(C)COC(=O)NCC3(C)CC(CC(=O)OCC(COCCCCCC(C)C)COC(=O)CC4CC(CNC(=O)OCCOC(=O)C=C)CC(C)(C)C4)CC(C)(C)C3)C2)CC(C)(C)C1. The smallest absolute Gasteiger partial charge is 0.407 e. The van der Waals surface area contributed by atoms with Gasteiger partial charge < -0.3 is 78.1 Å². The van der Waals surface area contributed by atoms with Crippen LogP contribution in [0.2, 0.25) is 0 Å². The van der Waals surface area contributed by atoms with Gasteiger partial charge in [-0.3, -0.25) is 19.2 Å². The summed E-state index contributed by atoms with van der Waals surface area (Å²) in [6, 6.07) is -0.483. The Morgan fingerprint density at radius 1 is 0.386 bits per heavy atom. The standard InChI is InChI=1S/C88H150N4O22/c1-19-72(93)105-35-36-107-74(95)29-31-86(16)48-70(46-84(12,13)58-86)91-80(101)112-56-69(53-104-34-26-22-24-28-63(5)6)57-113-81(102)92-71-47-85(14,15)59-87(17,49-71)32-30-75(96)114-64(7)51-111-79(100)90-61-88(18)45-66(43-83(10,11)60-88)41-77(98)110-55-68(52-103-33-25-21-23-27-62(3)4)54-109-76(97)40-65-39-67(44-82(8,9)42-65)50-89-78(99)108-38-37-106-73(94)20-2/h19-20,62-71H,1-2,21-61H2,3-18H3,(H,89,99)(H,90,100)(H,91,101)(H,92,102). The van der Waals surface area contributed by atoms with Crippen LogP contribution in [-0.4, -0.2) is 177 Å². The number of nitrogens with one attached hydrogen (secondary N) is 4. The Kier molecular flexibility index (Phi) is 43.3. The molecule has 0 aromatic rings. The first-order valence-electron chi connectivity index (χ1n) is 42.5. The lowest BCUT2D eigenvalue weighted by Gasteiger charge is -2.46. The zero-order valence-electron chi connectivity index (χ0n) is 72.8. The molecule has 11 atom stereocenters. The fraction of sp³-hybridized carbons (Fsp3) is 0.841. The molecule has 4 rings (SSSR count). The van der Waals surface area contributed by atoms with Gasteiger partial charge in [0, 0.05) is 76.2 Å². The lowest BCUT2D eigenvalue weighted by molar-refractivity contribution is -0.153. The molecular weight excluding hydrogens is 1460 g/mol. The van der Waals surface area contributed by atoms with Crippen LogP contribution in [0.25, 0.3) is 0 Å². The lowest BCUT2D eigenvalue weighted by Crippen LogP contribution is -2.48. The molecule has 0 saturated heterocycles. The van der Waals surface area contributed by atoms with Gasteiger partial charge in [0.2, 0.25) is 0 Å². The van der Waals surface area contributed by atoms with E-state index < -0.39 is 60.3 Å². The normalized spacial score (nSPS) is 24.2. The molecule has 26 nitrogen and oxygen atoms in total. The van der Waals surface area contributed by atoms with E-state index in [0.29, 0.717) is 89.5 Å². The molecule has 0 aliphatic heterocycles. The number of unbranched alkanes of at least 4 members (excludes halogenated alkanes) is 4. The molecule has 114 heavy (non-hydrogen) atoms. The topological polar surface area (TPSA) is 330 Å². The highest BCUT2D eigenvalue weighted by Gasteiger charge is 2.46. The third-order valence-electron chi connectivity index (χ3n) is 22.4. The van der Waals surface area contributed by atoms with Gasteiger partial charge in [0.05, 0.1) is 38.3 Å². The van der Waals surface area contributed by atoms with E-state index in [2.05, 4.69) is 138 Å². The van der Waals surface area contributed by atoms with Gasteiger partial charge >= 0.3 is 60.2 Å². The third-order valence-corrected chi connectivity index (χ3v) is 22.4. The summed E-state index contributed by atoms with van der Waals surface area (Å²) >= 11 is 0. The van der Waals surface area contributed by atoms with Crippen LogP contribution in [0.1, 0.15) is 278 Å². The maximum absolute atomic E-state index is 13.8. The van der Waals surface area contributed by atoms with Crippen LogP contribution >= 0.6 is 0 Å². The average Bonchev–Trinajstić information content (AvgIpc) is 0.812. The van der Waals surface area contributed by atoms with Crippen LogP contribution in [0.15, 0.2) is 25.3 Å². The van der Waals surface area contributed by atoms with Crippen molar-refractivity contribution in [3.05, 3.63) is 25.3 Å². The fourth-order valence-electron chi connectivity index (χ4n) is 18.7. The van der Waals surface area contributed by atoms with E-state index in [1.807, 2.05) is 0 Å². The number of carbonyl (C=O) groups excluding carboxylic acids is 10. The van der Waals surface area contributed by atoms with Gasteiger partial charge in [-0.2, -0.15) is 0 Å². The van der Waals surface area contributed by atoms with Crippen LogP contribution in [0.3, 0.4) is 0 Å². The summed E-state index contributed by atoms with van der Waals surface area (Å²) < 4.78 is 67.4. The molecule has 0 spiro atoms. The van der Waals surface area contributed by atoms with Crippen molar-refractivity contribution in [1.82, 2.24) is 21.3 Å². The summed E-state index contributed by atoms with van der Waals surface area (Å²) in [6.45, 7) is 42.4. The zero-order valence-corrected chi connectivity index (χ0v) is 72.8. The Hall–Kier alpha value is -6.70. The molecule has 4 aliphatic carbocycles. The molecule has 4 aliphatic rings. The van der Waals surface area contributed by atoms with Crippen molar-refractivity contribution in [2.45, 2.75) is 296 Å². The van der Waals surface area contributed by atoms with E-state index >= 15 is 0 Å². The lowest BCUT2D eigenvalue weighted by atomic mass is 9.60. The van der Waals surface area contributed by atoms with Crippen molar-refractivity contribution in [3.63, 3.8) is 0 Å². The van der Waals surface area contributed by atoms with E-state index in [1.165, 1.54) is 0 Å². The first-order valence-corrected chi connectivity index (χ1v) is 42.5. The van der Waals surface area contributed by atoms with Gasteiger partial charge in [-0.25, -0.2) is 28.8 Å². The maximum Gasteiger partial charge on any atom is 0.407 e. The Morgan fingerprint density at radius 3 is 1.31 bits per heavy atom. The number of hydrogen-bond acceptors (Lipinski definition) is 22. The fourth-order valence-corrected chi connectivity index (χ4v) is 18.7. The molecule has 4 fully saturated rings. The van der Waals surface area contributed by atoms with Crippen LogP contribution in [-0.2, 0) is 85.6 Å². The molecule has 26 heteroatoms. The number of ether oxygens (including phenoxy) is 12. The highest BCUT2D eigenvalue weighted by Crippen LogP contribution is 2.52. The Labute approximate surface area is 682 Å². The average molecular weight is 1620 g/mol. The van der Waals surface area contributed by atoms with Crippen molar-refractivity contribution in [2.24, 2.45) is 79.3 Å². The quantitative estimate of drug-likeness (QED) is 0.0190. The van der Waals surface area contributed by atoms with Gasteiger partial charge in [-0.1, -0.05) is 156 Å². The summed E-state index contributed by atoms with van der Waals surface area (Å²) in [5.41, 5.74) is -1.60. The highest BCUT2D eigenvalue weighted by molar-refractivity contribution is 5.81. The molecule has 0 bridgehead atoms. The molecule has 11 unspecified atom stereocenters. The molecule has 4 N–H and O–H groups in total. The van der Waals surface area contributed by atoms with Gasteiger partial charge in [0.15, 0.2) is 0 Å². The molecule has 0 heterocycles. The summed E-state index contributed by atoms with van der Waals surface area (Å²) in [6.07, 6.45) is 17.8. The van der Waals surface area contributed by atoms with Crippen LogP contribution in [0.4, 0.5) is 19.2 Å². The maximum atomic E-state index is 13.8. The van der Waals surface area contributed by atoms with Crippen LogP contribution < -0.4 is 21.3 Å². The second-order valence-electron chi connectivity index (χ2n) is 38.8. The number of hydrogen-bond donors (Lipinski definition) is 4. The summed E-state index contributed by atoms with van der Waals surface area (Å²) in [4.78, 5) is 129. The predicted octanol–water partition coefficient (Wildman–Crippen LogP) is 16.4. The number of amides is 4. The van der Waals surface area contributed by atoms with Crippen molar-refractivity contribution in [1.29, 1.82) is 0 Å². The van der Waals surface area contributed by atoms with Gasteiger partial charge in [-0.05, 0) is 177 Å². The second-order valence-corrected chi connectivity index (χ2v) is 38.8. The third kappa shape index (κ3) is 44.0. The Bertz CT molecular complexity index is 3010. The molecule has 4 amide bonds. The van der Waals surface area contributed by atoms with E-state index in [-0.39, 0.29) is 184 Å². The summed E-state index contributed by atoms with van der Waals surface area (Å²) in [5, 5.41) is 11.9. The minimum absolute atomic E-state index is 0.0155. The summed E-state index contributed by atoms with van der Waals surface area (Å²) in [5.74, 6) is -2.22. The minimum atomic E-state index is -0.730. The molecule has 4 saturated carbocycles. The van der Waals surface area contributed by atoms with Crippen LogP contribution in [0.5, 0.6) is 0 Å². The molecule has 0 radical (unpaired) electrons. The predicted molar refractivity (Wildman–Crippen MR) is 434 cm³/mol. The van der Waals surface area contributed by atoms with Gasteiger partial charge in [0.1, 0.15) is 52.4 Å². The number of rotatable bonds is 51.